The summed E-state index contributed by atoms with van der Waals surface area (Å²) in [5.41, 5.74) is 0.708. The van der Waals surface area contributed by atoms with Crippen molar-refractivity contribution in [3.63, 3.8) is 0 Å². The number of rotatable bonds is 2. The molecule has 0 N–H and O–H groups in total. The standard InChI is InChI=1S/C13H18N2O/c1-2-11-5-4-8-15(10-11)13(16)12-6-3-7-14-9-12/h3,6-7,9,11H,2,4-5,8,10H2,1H3. The number of piperidine rings is 1. The van der Waals surface area contributed by atoms with E-state index < -0.39 is 0 Å². The fourth-order valence-corrected chi connectivity index (χ4v) is 2.25. The van der Waals surface area contributed by atoms with Gasteiger partial charge in [-0.25, -0.2) is 0 Å². The molecule has 1 aliphatic rings. The van der Waals surface area contributed by atoms with E-state index in [1.165, 1.54) is 6.42 Å². The van der Waals surface area contributed by atoms with Crippen LogP contribution in [0.3, 0.4) is 0 Å². The van der Waals surface area contributed by atoms with Crippen molar-refractivity contribution in [2.75, 3.05) is 13.1 Å². The van der Waals surface area contributed by atoms with Gasteiger partial charge in [-0.1, -0.05) is 13.3 Å². The average Bonchev–Trinajstić information content (AvgIpc) is 2.39. The Kier molecular flexibility index (Phi) is 3.54. The van der Waals surface area contributed by atoms with Gasteiger partial charge < -0.3 is 4.90 Å². The molecule has 0 aliphatic carbocycles. The Morgan fingerprint density at radius 3 is 3.19 bits per heavy atom. The van der Waals surface area contributed by atoms with Crippen molar-refractivity contribution < 1.29 is 4.79 Å². The summed E-state index contributed by atoms with van der Waals surface area (Å²) in [5, 5.41) is 0. The van der Waals surface area contributed by atoms with Crippen LogP contribution in [0, 0.1) is 5.92 Å². The minimum atomic E-state index is 0.131. The highest BCUT2D eigenvalue weighted by Crippen LogP contribution is 2.20. The highest BCUT2D eigenvalue weighted by Gasteiger charge is 2.23. The van der Waals surface area contributed by atoms with Gasteiger partial charge in [-0.05, 0) is 30.9 Å². The van der Waals surface area contributed by atoms with Crippen LogP contribution < -0.4 is 0 Å². The summed E-state index contributed by atoms with van der Waals surface area (Å²) >= 11 is 0. The molecule has 0 radical (unpaired) electrons. The van der Waals surface area contributed by atoms with E-state index in [4.69, 9.17) is 0 Å². The molecule has 0 bridgehead atoms. The monoisotopic (exact) mass is 218 g/mol. The molecule has 2 rings (SSSR count). The summed E-state index contributed by atoms with van der Waals surface area (Å²) in [5.74, 6) is 0.806. The van der Waals surface area contributed by atoms with E-state index in [-0.39, 0.29) is 5.91 Å². The highest BCUT2D eigenvalue weighted by molar-refractivity contribution is 5.93. The van der Waals surface area contributed by atoms with Crippen LogP contribution in [0.15, 0.2) is 24.5 Å². The molecule has 0 saturated carbocycles. The fourth-order valence-electron chi connectivity index (χ4n) is 2.25. The number of amides is 1. The maximum absolute atomic E-state index is 12.1. The maximum Gasteiger partial charge on any atom is 0.255 e. The number of hydrogen-bond acceptors (Lipinski definition) is 2. The second kappa shape index (κ2) is 5.10. The molecule has 86 valence electrons. The number of carbonyl (C=O) groups excluding carboxylic acids is 1. The number of pyridine rings is 1. The molecule has 3 nitrogen and oxygen atoms in total. The van der Waals surface area contributed by atoms with E-state index in [0.29, 0.717) is 11.5 Å². The molecule has 1 saturated heterocycles. The second-order valence-corrected chi connectivity index (χ2v) is 4.41. The lowest BCUT2D eigenvalue weighted by molar-refractivity contribution is 0.0671. The Labute approximate surface area is 96.5 Å². The Morgan fingerprint density at radius 2 is 2.50 bits per heavy atom. The summed E-state index contributed by atoms with van der Waals surface area (Å²) in [4.78, 5) is 18.1. The van der Waals surface area contributed by atoms with E-state index in [9.17, 15) is 4.79 Å². The van der Waals surface area contributed by atoms with E-state index in [1.807, 2.05) is 17.0 Å². The zero-order chi connectivity index (χ0) is 11.4. The maximum atomic E-state index is 12.1. The van der Waals surface area contributed by atoms with Crippen LogP contribution in [0.1, 0.15) is 36.5 Å². The van der Waals surface area contributed by atoms with Crippen LogP contribution in [0.4, 0.5) is 0 Å². The SMILES string of the molecule is CCC1CCCN(C(=O)c2cccnc2)C1. The van der Waals surface area contributed by atoms with Crippen LogP contribution in [-0.4, -0.2) is 28.9 Å². The molecule has 1 aromatic heterocycles. The molecular weight excluding hydrogens is 200 g/mol. The summed E-state index contributed by atoms with van der Waals surface area (Å²) in [6, 6.07) is 3.65. The highest BCUT2D eigenvalue weighted by atomic mass is 16.2. The van der Waals surface area contributed by atoms with Gasteiger partial charge in [0.1, 0.15) is 0 Å². The van der Waals surface area contributed by atoms with E-state index in [2.05, 4.69) is 11.9 Å². The van der Waals surface area contributed by atoms with E-state index in [1.54, 1.807) is 12.4 Å². The molecule has 2 heterocycles. The topological polar surface area (TPSA) is 33.2 Å². The number of aromatic nitrogens is 1. The van der Waals surface area contributed by atoms with E-state index >= 15 is 0 Å². The van der Waals surface area contributed by atoms with Crippen molar-refractivity contribution in [1.82, 2.24) is 9.88 Å². The first-order chi connectivity index (χ1) is 7.81. The smallest absolute Gasteiger partial charge is 0.255 e. The van der Waals surface area contributed by atoms with Gasteiger partial charge in [0.15, 0.2) is 0 Å². The number of carbonyl (C=O) groups is 1. The van der Waals surface area contributed by atoms with Crippen molar-refractivity contribution in [3.05, 3.63) is 30.1 Å². The molecule has 1 amide bonds. The Balaban J connectivity index is 2.05. The van der Waals surface area contributed by atoms with Gasteiger partial charge >= 0.3 is 0 Å². The molecule has 1 atom stereocenters. The lowest BCUT2D eigenvalue weighted by atomic mass is 9.95. The van der Waals surface area contributed by atoms with Crippen molar-refractivity contribution in [2.24, 2.45) is 5.92 Å². The number of nitrogens with zero attached hydrogens (tertiary/aromatic N) is 2. The first-order valence-corrected chi connectivity index (χ1v) is 6.00. The summed E-state index contributed by atoms with van der Waals surface area (Å²) in [6.45, 7) is 4.00. The fraction of sp³-hybridized carbons (Fsp3) is 0.538. The first-order valence-electron chi connectivity index (χ1n) is 6.00. The summed E-state index contributed by atoms with van der Waals surface area (Å²) < 4.78 is 0. The van der Waals surface area contributed by atoms with Gasteiger partial charge in [0.05, 0.1) is 5.56 Å². The minimum Gasteiger partial charge on any atom is -0.338 e. The van der Waals surface area contributed by atoms with Crippen molar-refractivity contribution in [3.8, 4) is 0 Å². The van der Waals surface area contributed by atoms with Gasteiger partial charge in [0.25, 0.3) is 5.91 Å². The zero-order valence-corrected chi connectivity index (χ0v) is 9.72. The van der Waals surface area contributed by atoms with Gasteiger partial charge in [0.2, 0.25) is 0 Å². The van der Waals surface area contributed by atoms with Gasteiger partial charge in [-0.3, -0.25) is 9.78 Å². The Morgan fingerprint density at radius 1 is 1.62 bits per heavy atom. The first kappa shape index (κ1) is 11.1. The minimum absolute atomic E-state index is 0.131. The summed E-state index contributed by atoms with van der Waals surface area (Å²) in [6.07, 6.45) is 6.90. The van der Waals surface area contributed by atoms with Gasteiger partial charge in [-0.15, -0.1) is 0 Å². The normalized spacial score (nSPS) is 20.8. The third kappa shape index (κ3) is 2.40. The zero-order valence-electron chi connectivity index (χ0n) is 9.72. The van der Waals surface area contributed by atoms with Crippen LogP contribution >= 0.6 is 0 Å². The predicted octanol–water partition coefficient (Wildman–Crippen LogP) is 2.34. The van der Waals surface area contributed by atoms with Crippen LogP contribution in [0.2, 0.25) is 0 Å². The van der Waals surface area contributed by atoms with Crippen molar-refractivity contribution in [2.45, 2.75) is 26.2 Å². The molecule has 1 unspecified atom stereocenters. The Bertz CT molecular complexity index is 350. The second-order valence-electron chi connectivity index (χ2n) is 4.41. The lowest BCUT2D eigenvalue weighted by Gasteiger charge is -2.32. The third-order valence-corrected chi connectivity index (χ3v) is 3.29. The van der Waals surface area contributed by atoms with Crippen LogP contribution in [0.25, 0.3) is 0 Å². The van der Waals surface area contributed by atoms with Crippen LogP contribution in [-0.2, 0) is 0 Å². The van der Waals surface area contributed by atoms with Crippen molar-refractivity contribution in [1.29, 1.82) is 0 Å². The van der Waals surface area contributed by atoms with E-state index in [0.717, 1.165) is 25.9 Å². The molecule has 0 spiro atoms. The lowest BCUT2D eigenvalue weighted by Crippen LogP contribution is -2.39. The largest absolute Gasteiger partial charge is 0.338 e. The average molecular weight is 218 g/mol. The molecule has 1 aliphatic heterocycles. The van der Waals surface area contributed by atoms with Crippen LogP contribution in [0.5, 0.6) is 0 Å². The number of hydrogen-bond donors (Lipinski definition) is 0. The third-order valence-electron chi connectivity index (χ3n) is 3.29. The molecule has 16 heavy (non-hydrogen) atoms. The van der Waals surface area contributed by atoms with Gasteiger partial charge in [0, 0.05) is 25.5 Å². The number of likely N-dealkylation sites (tertiary alicyclic amines) is 1. The molecule has 1 fully saturated rings. The quantitative estimate of drug-likeness (QED) is 0.763. The van der Waals surface area contributed by atoms with Crippen molar-refractivity contribution >= 4 is 5.91 Å². The van der Waals surface area contributed by atoms with Gasteiger partial charge in [-0.2, -0.15) is 0 Å². The molecular formula is C13H18N2O. The predicted molar refractivity (Wildman–Crippen MR) is 63.2 cm³/mol. The molecule has 1 aromatic rings. The Hall–Kier alpha value is -1.38. The molecule has 0 aromatic carbocycles. The summed E-state index contributed by atoms with van der Waals surface area (Å²) in [7, 11) is 0. The molecule has 3 heteroatoms.